The van der Waals surface area contributed by atoms with E-state index in [1.165, 1.54) is 0 Å². The second kappa shape index (κ2) is 6.36. The van der Waals surface area contributed by atoms with E-state index in [0.717, 1.165) is 24.2 Å². The Labute approximate surface area is 129 Å². The molecule has 6 nitrogen and oxygen atoms in total. The predicted octanol–water partition coefficient (Wildman–Crippen LogP) is 1.37. The van der Waals surface area contributed by atoms with E-state index in [9.17, 15) is 9.59 Å². The van der Waals surface area contributed by atoms with Crippen molar-refractivity contribution in [3.05, 3.63) is 29.8 Å². The molecule has 6 heteroatoms. The molecule has 22 heavy (non-hydrogen) atoms. The SMILES string of the molecule is COc1ccc(C2(C(=O)N[C@@H](C(=O)NO)C(C)C)CC2)cc1. The third-order valence-corrected chi connectivity index (χ3v) is 4.17. The number of carbonyl (C=O) groups is 2. The van der Waals surface area contributed by atoms with Crippen LogP contribution in [-0.2, 0) is 15.0 Å². The molecule has 0 aliphatic heterocycles. The van der Waals surface area contributed by atoms with Crippen molar-refractivity contribution in [3.8, 4) is 5.75 Å². The van der Waals surface area contributed by atoms with Crippen molar-refractivity contribution in [3.63, 3.8) is 0 Å². The van der Waals surface area contributed by atoms with Crippen LogP contribution in [0.4, 0.5) is 0 Å². The number of nitrogens with one attached hydrogen (secondary N) is 2. The largest absolute Gasteiger partial charge is 0.497 e. The summed E-state index contributed by atoms with van der Waals surface area (Å²) >= 11 is 0. The van der Waals surface area contributed by atoms with E-state index in [-0.39, 0.29) is 11.8 Å². The summed E-state index contributed by atoms with van der Waals surface area (Å²) < 4.78 is 5.12. The summed E-state index contributed by atoms with van der Waals surface area (Å²) in [5.41, 5.74) is 1.95. The summed E-state index contributed by atoms with van der Waals surface area (Å²) in [6.07, 6.45) is 1.49. The molecule has 1 aliphatic rings. The van der Waals surface area contributed by atoms with Crippen molar-refractivity contribution in [2.24, 2.45) is 5.92 Å². The minimum Gasteiger partial charge on any atom is -0.497 e. The molecule has 0 bridgehead atoms. The molecule has 1 aromatic carbocycles. The first-order valence-corrected chi connectivity index (χ1v) is 7.34. The highest BCUT2D eigenvalue weighted by Gasteiger charge is 2.52. The van der Waals surface area contributed by atoms with Gasteiger partial charge in [-0.1, -0.05) is 26.0 Å². The number of amides is 2. The first-order chi connectivity index (χ1) is 10.4. The van der Waals surface area contributed by atoms with Gasteiger partial charge >= 0.3 is 0 Å². The van der Waals surface area contributed by atoms with E-state index in [4.69, 9.17) is 9.94 Å². The van der Waals surface area contributed by atoms with Gasteiger partial charge in [-0.25, -0.2) is 5.48 Å². The monoisotopic (exact) mass is 306 g/mol. The first-order valence-electron chi connectivity index (χ1n) is 7.34. The van der Waals surface area contributed by atoms with Gasteiger partial charge in [0.25, 0.3) is 5.91 Å². The van der Waals surface area contributed by atoms with Crippen LogP contribution in [0.15, 0.2) is 24.3 Å². The van der Waals surface area contributed by atoms with Crippen molar-refractivity contribution < 1.29 is 19.5 Å². The van der Waals surface area contributed by atoms with Gasteiger partial charge in [-0.2, -0.15) is 0 Å². The highest BCUT2D eigenvalue weighted by atomic mass is 16.5. The van der Waals surface area contributed by atoms with E-state index in [1.54, 1.807) is 12.6 Å². The molecule has 0 saturated heterocycles. The van der Waals surface area contributed by atoms with E-state index in [1.807, 2.05) is 38.1 Å². The standard InChI is InChI=1S/C16H22N2O4/c1-10(2)13(14(19)18-21)17-15(20)16(8-9-16)11-4-6-12(22-3)7-5-11/h4-7,10,13,21H,8-9H2,1-3H3,(H,17,20)(H,18,19)/t13-/m1/s1. The molecule has 3 N–H and O–H groups in total. The smallest absolute Gasteiger partial charge is 0.266 e. The fourth-order valence-electron chi connectivity index (χ4n) is 2.57. The normalized spacial score (nSPS) is 16.8. The molecule has 1 aliphatic carbocycles. The molecule has 0 spiro atoms. The minimum atomic E-state index is -0.756. The fourth-order valence-corrected chi connectivity index (χ4v) is 2.57. The van der Waals surface area contributed by atoms with Gasteiger partial charge in [0.2, 0.25) is 5.91 Å². The molecule has 120 valence electrons. The Morgan fingerprint density at radius 2 is 1.82 bits per heavy atom. The van der Waals surface area contributed by atoms with Crippen molar-refractivity contribution in [2.75, 3.05) is 7.11 Å². The zero-order valence-corrected chi connectivity index (χ0v) is 13.1. The Kier molecular flexibility index (Phi) is 4.71. The van der Waals surface area contributed by atoms with Gasteiger partial charge in [-0.3, -0.25) is 14.8 Å². The van der Waals surface area contributed by atoms with Crippen LogP contribution in [0.1, 0.15) is 32.3 Å². The van der Waals surface area contributed by atoms with Crippen LogP contribution in [0, 0.1) is 5.92 Å². The number of hydrogen-bond donors (Lipinski definition) is 3. The number of hydroxylamine groups is 1. The molecular formula is C16H22N2O4. The van der Waals surface area contributed by atoms with Crippen molar-refractivity contribution in [2.45, 2.75) is 38.1 Å². The van der Waals surface area contributed by atoms with Gasteiger partial charge in [-0.15, -0.1) is 0 Å². The Morgan fingerprint density at radius 1 is 1.23 bits per heavy atom. The van der Waals surface area contributed by atoms with Crippen LogP contribution in [0.5, 0.6) is 5.75 Å². The molecule has 2 amide bonds. The molecule has 1 saturated carbocycles. The Morgan fingerprint density at radius 3 is 2.23 bits per heavy atom. The lowest BCUT2D eigenvalue weighted by atomic mass is 9.93. The average molecular weight is 306 g/mol. The zero-order valence-electron chi connectivity index (χ0n) is 13.1. The van der Waals surface area contributed by atoms with Crippen LogP contribution in [-0.4, -0.2) is 30.2 Å². The number of benzene rings is 1. The number of carbonyl (C=O) groups excluding carboxylic acids is 2. The molecule has 0 aromatic heterocycles. The van der Waals surface area contributed by atoms with Crippen LogP contribution in [0.3, 0.4) is 0 Å². The topological polar surface area (TPSA) is 87.7 Å². The summed E-state index contributed by atoms with van der Waals surface area (Å²) in [5.74, 6) is -0.170. The maximum atomic E-state index is 12.6. The molecule has 0 heterocycles. The highest BCUT2D eigenvalue weighted by molar-refractivity contribution is 5.95. The van der Waals surface area contributed by atoms with Crippen LogP contribution in [0.25, 0.3) is 0 Å². The summed E-state index contributed by atoms with van der Waals surface area (Å²) in [4.78, 5) is 24.3. The summed E-state index contributed by atoms with van der Waals surface area (Å²) in [6, 6.07) is 6.64. The summed E-state index contributed by atoms with van der Waals surface area (Å²) in [6.45, 7) is 3.63. The van der Waals surface area contributed by atoms with Gasteiger partial charge in [0.1, 0.15) is 11.8 Å². The van der Waals surface area contributed by atoms with Gasteiger partial charge in [0.05, 0.1) is 12.5 Å². The lowest BCUT2D eigenvalue weighted by molar-refractivity contribution is -0.136. The molecular weight excluding hydrogens is 284 g/mol. The third-order valence-electron chi connectivity index (χ3n) is 4.17. The molecule has 1 atom stereocenters. The maximum Gasteiger partial charge on any atom is 0.266 e. The van der Waals surface area contributed by atoms with Crippen molar-refractivity contribution in [1.29, 1.82) is 0 Å². The van der Waals surface area contributed by atoms with Crippen LogP contribution in [0.2, 0.25) is 0 Å². The number of ether oxygens (including phenoxy) is 1. The minimum absolute atomic E-state index is 0.122. The maximum absolute atomic E-state index is 12.6. The van der Waals surface area contributed by atoms with Crippen molar-refractivity contribution in [1.82, 2.24) is 10.8 Å². The van der Waals surface area contributed by atoms with Gasteiger partial charge < -0.3 is 10.1 Å². The second-order valence-corrected chi connectivity index (χ2v) is 5.98. The molecule has 0 radical (unpaired) electrons. The fraction of sp³-hybridized carbons (Fsp3) is 0.500. The quantitative estimate of drug-likeness (QED) is 0.547. The zero-order chi connectivity index (χ0) is 16.3. The van der Waals surface area contributed by atoms with Gasteiger partial charge in [-0.05, 0) is 36.5 Å². The lowest BCUT2D eigenvalue weighted by Crippen LogP contribution is -2.51. The number of rotatable bonds is 6. The third kappa shape index (κ3) is 3.06. The lowest BCUT2D eigenvalue weighted by Gasteiger charge is -2.24. The molecule has 2 rings (SSSR count). The summed E-state index contributed by atoms with van der Waals surface area (Å²) in [5, 5.41) is 11.6. The number of methoxy groups -OCH3 is 1. The van der Waals surface area contributed by atoms with Gasteiger partial charge in [0, 0.05) is 0 Å². The van der Waals surface area contributed by atoms with E-state index in [0.29, 0.717) is 0 Å². The molecule has 1 fully saturated rings. The Hall–Kier alpha value is -2.08. The van der Waals surface area contributed by atoms with Crippen LogP contribution >= 0.6 is 0 Å². The Balaban J connectivity index is 2.15. The summed E-state index contributed by atoms with van der Waals surface area (Å²) in [7, 11) is 1.59. The van der Waals surface area contributed by atoms with Gasteiger partial charge in [0.15, 0.2) is 0 Å². The predicted molar refractivity (Wildman–Crippen MR) is 80.6 cm³/mol. The van der Waals surface area contributed by atoms with E-state index < -0.39 is 17.4 Å². The second-order valence-electron chi connectivity index (χ2n) is 5.98. The average Bonchev–Trinajstić information content (AvgIpc) is 3.33. The molecule has 1 aromatic rings. The molecule has 0 unspecified atom stereocenters. The van der Waals surface area contributed by atoms with E-state index >= 15 is 0 Å². The Bertz CT molecular complexity index is 550. The number of hydrogen-bond acceptors (Lipinski definition) is 4. The van der Waals surface area contributed by atoms with Crippen molar-refractivity contribution >= 4 is 11.8 Å². The first kappa shape index (κ1) is 16.3. The van der Waals surface area contributed by atoms with Crippen LogP contribution < -0.4 is 15.5 Å². The van der Waals surface area contributed by atoms with E-state index in [2.05, 4.69) is 5.32 Å². The highest BCUT2D eigenvalue weighted by Crippen LogP contribution is 2.48.